The topological polar surface area (TPSA) is 0 Å². The van der Waals surface area contributed by atoms with E-state index in [9.17, 15) is 52.7 Å². The zero-order chi connectivity index (χ0) is 27.1. The van der Waals surface area contributed by atoms with E-state index < -0.39 is 120 Å². The second kappa shape index (κ2) is 8.27. The van der Waals surface area contributed by atoms with Gasteiger partial charge in [-0.1, -0.05) is 13.8 Å². The summed E-state index contributed by atoms with van der Waals surface area (Å²) < 4.78 is 189. The Labute approximate surface area is 191 Å². The summed E-state index contributed by atoms with van der Waals surface area (Å²) in [6.07, 6.45) is 0. The third-order valence-electron chi connectivity index (χ3n) is 5.60. The van der Waals surface area contributed by atoms with Crippen molar-refractivity contribution in [3.05, 3.63) is 81.2 Å². The lowest BCUT2D eigenvalue weighted by molar-refractivity contribution is 0.413. The van der Waals surface area contributed by atoms with Crippen molar-refractivity contribution in [2.45, 2.75) is 19.8 Å². The van der Waals surface area contributed by atoms with E-state index in [0.29, 0.717) is 0 Å². The highest BCUT2D eigenvalue weighted by molar-refractivity contribution is 6.15. The maximum atomic E-state index is 15.5. The van der Waals surface area contributed by atoms with Gasteiger partial charge in [-0.2, -0.15) is 0 Å². The lowest BCUT2D eigenvalue weighted by atomic mass is 9.88. The zero-order valence-electron chi connectivity index (χ0n) is 17.5. The third-order valence-corrected chi connectivity index (χ3v) is 5.60. The highest BCUT2D eigenvalue weighted by Gasteiger charge is 2.37. The summed E-state index contributed by atoms with van der Waals surface area (Å²) in [4.78, 5) is 0. The first kappa shape index (κ1) is 25.6. The van der Waals surface area contributed by atoms with Crippen LogP contribution in [0.25, 0.3) is 32.7 Å². The van der Waals surface area contributed by atoms with Crippen molar-refractivity contribution in [2.75, 3.05) is 0 Å². The van der Waals surface area contributed by atoms with Gasteiger partial charge in [-0.25, -0.2) is 57.1 Å². The summed E-state index contributed by atoms with van der Waals surface area (Å²) in [5.41, 5.74) is -5.58. The van der Waals surface area contributed by atoms with Gasteiger partial charge in [0.1, 0.15) is 5.82 Å². The van der Waals surface area contributed by atoms with E-state index in [4.69, 9.17) is 0 Å². The van der Waals surface area contributed by atoms with Crippen LogP contribution >= 0.6 is 0 Å². The molecule has 0 aromatic heterocycles. The molecule has 36 heavy (non-hydrogen) atoms. The van der Waals surface area contributed by atoms with Gasteiger partial charge >= 0.3 is 0 Å². The Bertz CT molecular complexity index is 1610. The fourth-order valence-corrected chi connectivity index (χ4v) is 4.02. The maximum absolute atomic E-state index is 15.5. The predicted molar refractivity (Wildman–Crippen MR) is 100 cm³/mol. The van der Waals surface area contributed by atoms with Gasteiger partial charge in [-0.05, 0) is 5.92 Å². The van der Waals surface area contributed by atoms with Gasteiger partial charge in [-0.15, -0.1) is 0 Å². The Kier molecular flexibility index (Phi) is 5.88. The van der Waals surface area contributed by atoms with Gasteiger partial charge in [0.15, 0.2) is 69.8 Å². The van der Waals surface area contributed by atoms with E-state index in [2.05, 4.69) is 0 Å². The van der Waals surface area contributed by atoms with Crippen LogP contribution in [0.3, 0.4) is 0 Å². The first-order valence-electron chi connectivity index (χ1n) is 9.65. The minimum atomic E-state index is -2.76. The molecule has 0 radical (unpaired) electrons. The SMILES string of the molecule is CC(C)c1c(F)c(F)c(-c2c(F)c3c(F)c(F)c(F)c(F)c3c3c(F)c(F)c(F)c(F)c23)c(F)c1F. The molecule has 13 heteroatoms. The fourth-order valence-electron chi connectivity index (χ4n) is 4.02. The Hall–Kier alpha value is -3.51. The van der Waals surface area contributed by atoms with E-state index in [1.165, 1.54) is 0 Å². The van der Waals surface area contributed by atoms with Crippen LogP contribution in [0.4, 0.5) is 57.1 Å². The average molecular weight is 530 g/mol. The van der Waals surface area contributed by atoms with Gasteiger partial charge in [0.05, 0.1) is 10.9 Å². The molecule has 0 saturated heterocycles. The second-order valence-electron chi connectivity index (χ2n) is 7.90. The molecule has 0 unspecified atom stereocenters. The monoisotopic (exact) mass is 530 g/mol. The van der Waals surface area contributed by atoms with Crippen molar-refractivity contribution in [3.63, 3.8) is 0 Å². The highest BCUT2D eigenvalue weighted by atomic mass is 19.2. The molecule has 4 rings (SSSR count). The zero-order valence-corrected chi connectivity index (χ0v) is 17.5. The first-order chi connectivity index (χ1) is 16.7. The fraction of sp³-hybridized carbons (Fsp3) is 0.130. The van der Waals surface area contributed by atoms with E-state index in [1.807, 2.05) is 0 Å². The minimum absolute atomic E-state index is 1.08. The molecule has 0 atom stereocenters. The molecule has 0 aliphatic heterocycles. The van der Waals surface area contributed by atoms with Crippen LogP contribution in [0, 0.1) is 75.6 Å². The van der Waals surface area contributed by atoms with E-state index in [1.54, 1.807) is 0 Å². The van der Waals surface area contributed by atoms with Crippen molar-refractivity contribution in [1.82, 2.24) is 0 Å². The van der Waals surface area contributed by atoms with Crippen molar-refractivity contribution >= 4 is 21.5 Å². The second-order valence-corrected chi connectivity index (χ2v) is 7.90. The summed E-state index contributed by atoms with van der Waals surface area (Å²) in [6, 6.07) is 0. The van der Waals surface area contributed by atoms with Crippen molar-refractivity contribution in [2.24, 2.45) is 0 Å². The number of hydrogen-bond acceptors (Lipinski definition) is 0. The molecule has 190 valence electrons. The standard InChI is InChI=1S/C23H7F13/c1-3(2)4-12(25)17(30)10(18(31)13(4)26)7-5-6(15(28)21(34)20(33)14(5)27)8-9(11(7)24)19(32)23(36)22(35)16(8)29/h3H,1-2H3. The Morgan fingerprint density at radius 1 is 0.306 bits per heavy atom. The molecule has 4 aromatic rings. The lowest BCUT2D eigenvalue weighted by Crippen LogP contribution is -2.11. The lowest BCUT2D eigenvalue weighted by Gasteiger charge is -2.19. The first-order valence-corrected chi connectivity index (χ1v) is 9.65. The molecular formula is C23H7F13. The summed E-state index contributed by atoms with van der Waals surface area (Å²) >= 11 is 0. The van der Waals surface area contributed by atoms with Gasteiger partial charge in [0.25, 0.3) is 0 Å². The number of benzene rings is 4. The van der Waals surface area contributed by atoms with E-state index in [0.717, 1.165) is 13.8 Å². The van der Waals surface area contributed by atoms with Gasteiger partial charge < -0.3 is 0 Å². The van der Waals surface area contributed by atoms with Crippen LogP contribution in [0.2, 0.25) is 0 Å². The van der Waals surface area contributed by atoms with Crippen LogP contribution in [-0.4, -0.2) is 0 Å². The van der Waals surface area contributed by atoms with Gasteiger partial charge in [0.2, 0.25) is 0 Å². The molecule has 0 amide bonds. The van der Waals surface area contributed by atoms with Gasteiger partial charge in [0, 0.05) is 27.3 Å². The van der Waals surface area contributed by atoms with E-state index in [-0.39, 0.29) is 0 Å². The van der Waals surface area contributed by atoms with Gasteiger partial charge in [-0.3, -0.25) is 0 Å². The summed E-state index contributed by atoms with van der Waals surface area (Å²) in [5.74, 6) is -34.6. The van der Waals surface area contributed by atoms with E-state index >= 15 is 4.39 Å². The van der Waals surface area contributed by atoms with Crippen LogP contribution in [-0.2, 0) is 0 Å². The predicted octanol–water partition coefficient (Wildman–Crippen LogP) is 8.59. The number of hydrogen-bond donors (Lipinski definition) is 0. The number of rotatable bonds is 2. The number of fused-ring (bicyclic) bond motifs is 3. The van der Waals surface area contributed by atoms with Crippen LogP contribution in [0.5, 0.6) is 0 Å². The average Bonchev–Trinajstić information content (AvgIpc) is 2.82. The normalized spacial score (nSPS) is 12.0. The molecule has 0 aliphatic carbocycles. The Morgan fingerprint density at radius 3 is 1.03 bits per heavy atom. The largest absolute Gasteiger partial charge is 0.205 e. The molecule has 4 aromatic carbocycles. The van der Waals surface area contributed by atoms with Crippen molar-refractivity contribution in [1.29, 1.82) is 0 Å². The summed E-state index contributed by atoms with van der Waals surface area (Å²) in [7, 11) is 0. The molecular weight excluding hydrogens is 523 g/mol. The minimum Gasteiger partial charge on any atom is -0.205 e. The Morgan fingerprint density at radius 2 is 0.639 bits per heavy atom. The molecule has 0 aliphatic rings. The van der Waals surface area contributed by atoms with Crippen molar-refractivity contribution < 1.29 is 57.1 Å². The molecule has 0 saturated carbocycles. The number of halogens is 13. The summed E-state index contributed by atoms with van der Waals surface area (Å²) in [6.45, 7) is 2.16. The summed E-state index contributed by atoms with van der Waals surface area (Å²) in [5, 5.41) is -8.25. The quantitative estimate of drug-likeness (QED) is 0.105. The van der Waals surface area contributed by atoms with Crippen molar-refractivity contribution in [3.8, 4) is 11.1 Å². The third kappa shape index (κ3) is 3.10. The van der Waals surface area contributed by atoms with Crippen LogP contribution < -0.4 is 0 Å². The smallest absolute Gasteiger partial charge is 0.198 e. The van der Waals surface area contributed by atoms with Crippen LogP contribution in [0.15, 0.2) is 0 Å². The molecule has 0 fully saturated rings. The molecule has 0 bridgehead atoms. The Balaban J connectivity index is 2.48. The van der Waals surface area contributed by atoms with Crippen LogP contribution in [0.1, 0.15) is 25.3 Å². The molecule has 0 heterocycles. The highest BCUT2D eigenvalue weighted by Crippen LogP contribution is 2.47. The molecule has 0 N–H and O–H groups in total. The molecule has 0 spiro atoms. The molecule has 0 nitrogen and oxygen atoms in total. The maximum Gasteiger partial charge on any atom is 0.198 e.